The van der Waals surface area contributed by atoms with E-state index in [2.05, 4.69) is 20.6 Å². The van der Waals surface area contributed by atoms with Gasteiger partial charge in [-0.3, -0.25) is 4.79 Å². The molecule has 1 aliphatic heterocycles. The summed E-state index contributed by atoms with van der Waals surface area (Å²) in [6.45, 7) is 0.641. The average Bonchev–Trinajstić information content (AvgIpc) is 3.27. The van der Waals surface area contributed by atoms with E-state index >= 15 is 0 Å². The molecule has 2 heterocycles. The molecular formula is C29H25ClFN5O2. The molecule has 7 nitrogen and oxygen atoms in total. The number of anilines is 5. The average molecular weight is 530 g/mol. The number of hydrogen-bond acceptors (Lipinski definition) is 6. The first-order chi connectivity index (χ1) is 18.5. The maximum Gasteiger partial charge on any atom is 0.241 e. The Balaban J connectivity index is 1.19. The molecule has 1 saturated carbocycles. The normalized spacial score (nSPS) is 15.1. The van der Waals surface area contributed by atoms with Gasteiger partial charge in [-0.2, -0.15) is 4.98 Å². The molecule has 38 heavy (non-hydrogen) atoms. The van der Waals surface area contributed by atoms with Crippen LogP contribution < -0.4 is 20.3 Å². The summed E-state index contributed by atoms with van der Waals surface area (Å²) in [5.41, 5.74) is 3.33. The van der Waals surface area contributed by atoms with Crippen LogP contribution in [0.3, 0.4) is 0 Å². The van der Waals surface area contributed by atoms with Gasteiger partial charge in [0.25, 0.3) is 0 Å². The molecule has 0 atom stereocenters. The highest BCUT2D eigenvalue weighted by molar-refractivity contribution is 6.29. The zero-order valence-corrected chi connectivity index (χ0v) is 21.2. The van der Waals surface area contributed by atoms with Gasteiger partial charge in [0.05, 0.1) is 6.20 Å². The standard InChI is InChI=1S/C29H25ClFN5O2/c30-16-26(37)36-18-29(13-4-14-29)23-12-9-20(15-25(23)36)33-27-24(31)17-32-28(35-27)34-19-7-10-22(11-8-19)38-21-5-2-1-3-6-21/h1-3,5-12,15,17H,4,13-14,16,18H2,(H2,32,33,34,35). The molecule has 3 aromatic carbocycles. The fourth-order valence-corrected chi connectivity index (χ4v) is 5.24. The van der Waals surface area contributed by atoms with Crippen LogP contribution in [0.2, 0.25) is 0 Å². The third-order valence-corrected chi connectivity index (χ3v) is 7.37. The van der Waals surface area contributed by atoms with Crippen molar-refractivity contribution in [1.82, 2.24) is 9.97 Å². The van der Waals surface area contributed by atoms with Crippen molar-refractivity contribution in [2.24, 2.45) is 0 Å². The highest BCUT2D eigenvalue weighted by Crippen LogP contribution is 2.53. The predicted octanol–water partition coefficient (Wildman–Crippen LogP) is 6.90. The number of amides is 1. The minimum absolute atomic E-state index is 0.00846. The Kier molecular flexibility index (Phi) is 6.33. The molecule has 1 aliphatic carbocycles. The van der Waals surface area contributed by atoms with Gasteiger partial charge in [-0.1, -0.05) is 30.7 Å². The number of nitrogens with one attached hydrogen (secondary N) is 2. The molecule has 0 saturated heterocycles. The van der Waals surface area contributed by atoms with Gasteiger partial charge in [-0.25, -0.2) is 9.37 Å². The number of benzene rings is 3. The third kappa shape index (κ3) is 4.63. The summed E-state index contributed by atoms with van der Waals surface area (Å²) in [4.78, 5) is 22.7. The first kappa shape index (κ1) is 24.2. The maximum atomic E-state index is 14.7. The molecule has 1 amide bonds. The summed E-state index contributed by atoms with van der Waals surface area (Å²) in [6, 6.07) is 22.6. The summed E-state index contributed by atoms with van der Waals surface area (Å²) >= 11 is 5.88. The Hall–Kier alpha value is -4.17. The fraction of sp³-hybridized carbons (Fsp3) is 0.207. The van der Waals surface area contributed by atoms with E-state index in [-0.39, 0.29) is 29.0 Å². The fourth-order valence-electron chi connectivity index (χ4n) is 5.09. The molecule has 0 unspecified atom stereocenters. The van der Waals surface area contributed by atoms with Gasteiger partial charge in [-0.15, -0.1) is 11.6 Å². The molecule has 6 rings (SSSR count). The van der Waals surface area contributed by atoms with Crippen LogP contribution in [0.15, 0.2) is 79.0 Å². The number of para-hydroxylation sites is 1. The molecule has 1 spiro atoms. The highest BCUT2D eigenvalue weighted by atomic mass is 35.5. The van der Waals surface area contributed by atoms with E-state index in [1.54, 1.807) is 4.90 Å². The minimum atomic E-state index is -0.591. The summed E-state index contributed by atoms with van der Waals surface area (Å²) in [5, 5.41) is 6.14. The maximum absolute atomic E-state index is 14.7. The van der Waals surface area contributed by atoms with Crippen LogP contribution in [0.4, 0.5) is 33.2 Å². The molecule has 0 radical (unpaired) electrons. The van der Waals surface area contributed by atoms with Gasteiger partial charge in [0.15, 0.2) is 11.6 Å². The summed E-state index contributed by atoms with van der Waals surface area (Å²) in [5.74, 6) is 0.890. The Morgan fingerprint density at radius 1 is 1.00 bits per heavy atom. The van der Waals surface area contributed by atoms with Crippen molar-refractivity contribution in [2.75, 3.05) is 28.0 Å². The number of carbonyl (C=O) groups excluding carboxylic acids is 1. The lowest BCUT2D eigenvalue weighted by Gasteiger charge is -2.38. The van der Waals surface area contributed by atoms with Crippen molar-refractivity contribution in [3.63, 3.8) is 0 Å². The largest absolute Gasteiger partial charge is 0.457 e. The van der Waals surface area contributed by atoms with E-state index in [1.165, 1.54) is 0 Å². The zero-order valence-electron chi connectivity index (χ0n) is 20.5. The van der Waals surface area contributed by atoms with E-state index in [0.717, 1.165) is 48.1 Å². The highest BCUT2D eigenvalue weighted by Gasteiger charge is 2.48. The molecule has 1 aromatic heterocycles. The van der Waals surface area contributed by atoms with Crippen LogP contribution in [0, 0.1) is 5.82 Å². The van der Waals surface area contributed by atoms with E-state index in [4.69, 9.17) is 16.3 Å². The van der Waals surface area contributed by atoms with Gasteiger partial charge in [-0.05, 0) is 66.9 Å². The smallest absolute Gasteiger partial charge is 0.241 e. The number of halogens is 2. The number of hydrogen-bond donors (Lipinski definition) is 2. The SMILES string of the molecule is O=C(CCl)N1CC2(CCC2)c2ccc(Nc3nc(Nc4ccc(Oc5ccccc5)cc4)ncc3F)cc21. The summed E-state index contributed by atoms with van der Waals surface area (Å²) in [6.07, 6.45) is 4.36. The van der Waals surface area contributed by atoms with E-state index in [9.17, 15) is 9.18 Å². The van der Waals surface area contributed by atoms with Gasteiger partial charge in [0, 0.05) is 29.0 Å². The van der Waals surface area contributed by atoms with Crippen LogP contribution in [-0.4, -0.2) is 28.3 Å². The van der Waals surface area contributed by atoms with Crippen LogP contribution in [0.25, 0.3) is 0 Å². The molecule has 2 aliphatic rings. The molecule has 4 aromatic rings. The van der Waals surface area contributed by atoms with Crippen LogP contribution in [0.1, 0.15) is 24.8 Å². The Morgan fingerprint density at radius 2 is 1.74 bits per heavy atom. The molecular weight excluding hydrogens is 505 g/mol. The van der Waals surface area contributed by atoms with E-state index in [0.29, 0.717) is 18.0 Å². The number of rotatable bonds is 7. The molecule has 192 valence electrons. The number of ether oxygens (including phenoxy) is 1. The predicted molar refractivity (Wildman–Crippen MR) is 147 cm³/mol. The van der Waals surface area contributed by atoms with Crippen molar-refractivity contribution < 1.29 is 13.9 Å². The van der Waals surface area contributed by atoms with Gasteiger partial charge < -0.3 is 20.3 Å². The zero-order chi connectivity index (χ0) is 26.1. The van der Waals surface area contributed by atoms with Crippen LogP contribution in [-0.2, 0) is 10.2 Å². The van der Waals surface area contributed by atoms with Crippen molar-refractivity contribution in [2.45, 2.75) is 24.7 Å². The van der Waals surface area contributed by atoms with Crippen LogP contribution in [0.5, 0.6) is 11.5 Å². The topological polar surface area (TPSA) is 79.4 Å². The molecule has 9 heteroatoms. The number of alkyl halides is 1. The summed E-state index contributed by atoms with van der Waals surface area (Å²) < 4.78 is 20.5. The van der Waals surface area contributed by atoms with E-state index < -0.39 is 5.82 Å². The number of aromatic nitrogens is 2. The number of fused-ring (bicyclic) bond motifs is 2. The van der Waals surface area contributed by atoms with Crippen molar-refractivity contribution >= 4 is 46.3 Å². The van der Waals surface area contributed by atoms with Gasteiger partial charge >= 0.3 is 0 Å². The summed E-state index contributed by atoms with van der Waals surface area (Å²) in [7, 11) is 0. The third-order valence-electron chi connectivity index (χ3n) is 7.14. The molecule has 0 bridgehead atoms. The second kappa shape index (κ2) is 9.95. The Morgan fingerprint density at radius 3 is 2.45 bits per heavy atom. The Labute approximate surface area is 224 Å². The second-order valence-corrected chi connectivity index (χ2v) is 9.83. The van der Waals surface area contributed by atoms with E-state index in [1.807, 2.05) is 72.8 Å². The van der Waals surface area contributed by atoms with Gasteiger partial charge in [0.1, 0.15) is 17.4 Å². The first-order valence-electron chi connectivity index (χ1n) is 12.4. The van der Waals surface area contributed by atoms with Crippen molar-refractivity contribution in [1.29, 1.82) is 0 Å². The Bertz CT molecular complexity index is 1480. The van der Waals surface area contributed by atoms with Crippen molar-refractivity contribution in [3.8, 4) is 11.5 Å². The monoisotopic (exact) mass is 529 g/mol. The second-order valence-electron chi connectivity index (χ2n) is 9.56. The molecule has 1 fully saturated rings. The number of nitrogens with zero attached hydrogens (tertiary/aromatic N) is 3. The minimum Gasteiger partial charge on any atom is -0.457 e. The lowest BCUT2D eigenvalue weighted by molar-refractivity contribution is -0.116. The molecule has 2 N–H and O–H groups in total. The van der Waals surface area contributed by atoms with Gasteiger partial charge in [0.2, 0.25) is 11.9 Å². The lowest BCUT2D eigenvalue weighted by Crippen LogP contribution is -2.41. The van der Waals surface area contributed by atoms with Crippen molar-refractivity contribution in [3.05, 3.63) is 90.4 Å². The van der Waals surface area contributed by atoms with Crippen LogP contribution >= 0.6 is 11.6 Å². The lowest BCUT2D eigenvalue weighted by atomic mass is 9.66. The quantitative estimate of drug-likeness (QED) is 0.253. The number of carbonyl (C=O) groups is 1. The first-order valence-corrected chi connectivity index (χ1v) is 13.0.